The van der Waals surface area contributed by atoms with Crippen LogP contribution in [0.1, 0.15) is 12.5 Å². The Bertz CT molecular complexity index is 1550. The number of hydrogen-bond acceptors (Lipinski definition) is 9. The lowest BCUT2D eigenvalue weighted by atomic mass is 10.1. The number of nitro groups is 2. The van der Waals surface area contributed by atoms with Gasteiger partial charge in [-0.25, -0.2) is 9.69 Å². The molecule has 0 unspecified atom stereocenters. The van der Waals surface area contributed by atoms with Crippen LogP contribution in [-0.2, 0) is 9.59 Å². The number of ether oxygens (including phenoxy) is 2. The molecule has 1 N–H and O–H groups in total. The summed E-state index contributed by atoms with van der Waals surface area (Å²) in [4.78, 5) is 59.7. The van der Waals surface area contributed by atoms with E-state index in [-0.39, 0.29) is 35.1 Å². The molecule has 0 spiro atoms. The molecule has 0 bridgehead atoms. The van der Waals surface area contributed by atoms with Crippen molar-refractivity contribution in [1.29, 1.82) is 0 Å². The van der Waals surface area contributed by atoms with E-state index in [1.54, 1.807) is 6.92 Å². The zero-order valence-electron chi connectivity index (χ0n) is 20.0. The zero-order chi connectivity index (χ0) is 28.3. The third-order valence-electron chi connectivity index (χ3n) is 5.34. The maximum atomic E-state index is 13.1. The van der Waals surface area contributed by atoms with Crippen LogP contribution in [0.25, 0.3) is 6.08 Å². The lowest BCUT2D eigenvalue weighted by Crippen LogP contribution is -2.54. The summed E-state index contributed by atoms with van der Waals surface area (Å²) < 4.78 is 11.2. The van der Waals surface area contributed by atoms with Crippen molar-refractivity contribution < 1.29 is 33.7 Å². The zero-order valence-corrected chi connectivity index (χ0v) is 20.7. The van der Waals surface area contributed by atoms with Gasteiger partial charge in [-0.1, -0.05) is 17.7 Å². The molecule has 1 aliphatic heterocycles. The van der Waals surface area contributed by atoms with Crippen molar-refractivity contribution in [1.82, 2.24) is 5.32 Å². The van der Waals surface area contributed by atoms with E-state index in [1.807, 2.05) is 0 Å². The number of rotatable bonds is 8. The van der Waals surface area contributed by atoms with Crippen molar-refractivity contribution >= 4 is 52.6 Å². The molecule has 3 aromatic rings. The normalized spacial score (nSPS) is 14.3. The summed E-state index contributed by atoms with van der Waals surface area (Å²) in [6, 6.07) is 12.1. The molecule has 0 radical (unpaired) electrons. The fraction of sp³-hybridized carbons (Fsp3) is 0.0800. The molecule has 0 aromatic heterocycles. The molecule has 4 rings (SSSR count). The number of urea groups is 1. The number of imide groups is 2. The number of nitro benzene ring substituents is 2. The van der Waals surface area contributed by atoms with Crippen LogP contribution >= 0.6 is 11.6 Å². The molecule has 198 valence electrons. The summed E-state index contributed by atoms with van der Waals surface area (Å²) in [7, 11) is 0. The Morgan fingerprint density at radius 1 is 0.923 bits per heavy atom. The first-order valence-electron chi connectivity index (χ1n) is 11.1. The first kappa shape index (κ1) is 26.8. The lowest BCUT2D eigenvalue weighted by Gasteiger charge is -2.26. The molecule has 1 saturated heterocycles. The highest BCUT2D eigenvalue weighted by molar-refractivity contribution is 6.39. The monoisotopic (exact) mass is 552 g/mol. The second-order valence-electron chi connectivity index (χ2n) is 7.84. The predicted octanol–water partition coefficient (Wildman–Crippen LogP) is 5.01. The molecule has 0 atom stereocenters. The quantitative estimate of drug-likeness (QED) is 0.174. The van der Waals surface area contributed by atoms with Crippen molar-refractivity contribution in [3.05, 3.63) is 97.1 Å². The van der Waals surface area contributed by atoms with Crippen LogP contribution in [0.5, 0.6) is 17.2 Å². The number of nitrogens with one attached hydrogen (secondary N) is 1. The van der Waals surface area contributed by atoms with E-state index in [9.17, 15) is 34.6 Å². The number of halogens is 1. The Morgan fingerprint density at radius 3 is 2.26 bits per heavy atom. The van der Waals surface area contributed by atoms with Gasteiger partial charge in [0.05, 0.1) is 28.2 Å². The van der Waals surface area contributed by atoms with Gasteiger partial charge in [0.1, 0.15) is 5.57 Å². The van der Waals surface area contributed by atoms with Crippen LogP contribution in [0.4, 0.5) is 21.9 Å². The number of nitrogens with zero attached hydrogens (tertiary/aromatic N) is 3. The molecular formula is C25H17ClN4O9. The summed E-state index contributed by atoms with van der Waals surface area (Å²) in [6.07, 6.45) is 1.24. The second kappa shape index (κ2) is 11.0. The Labute approximate surface area is 224 Å². The first-order valence-corrected chi connectivity index (χ1v) is 11.5. The van der Waals surface area contributed by atoms with Crippen molar-refractivity contribution in [3.8, 4) is 17.2 Å². The van der Waals surface area contributed by atoms with E-state index >= 15 is 0 Å². The summed E-state index contributed by atoms with van der Waals surface area (Å²) >= 11 is 5.88. The van der Waals surface area contributed by atoms with Gasteiger partial charge in [0, 0.05) is 11.1 Å². The van der Waals surface area contributed by atoms with E-state index in [4.69, 9.17) is 21.1 Å². The summed E-state index contributed by atoms with van der Waals surface area (Å²) in [5.41, 5.74) is -0.944. The number of carbonyl (C=O) groups excluding carboxylic acids is 3. The topological polar surface area (TPSA) is 171 Å². The van der Waals surface area contributed by atoms with Crippen LogP contribution in [0.3, 0.4) is 0 Å². The SMILES string of the molecule is CCOc1cc(/C=C2\C(=O)NC(=O)N(c3ccc(Cl)cc3)C2=O)ccc1Oc1ccc([N+](=O)[O-])cc1[N+](=O)[O-]. The molecule has 13 nitrogen and oxygen atoms in total. The number of amides is 4. The molecule has 1 fully saturated rings. The minimum Gasteiger partial charge on any atom is -0.490 e. The summed E-state index contributed by atoms with van der Waals surface area (Å²) in [5, 5.41) is 25.0. The van der Waals surface area contributed by atoms with Crippen LogP contribution < -0.4 is 19.7 Å². The lowest BCUT2D eigenvalue weighted by molar-refractivity contribution is -0.394. The van der Waals surface area contributed by atoms with E-state index in [0.29, 0.717) is 10.6 Å². The van der Waals surface area contributed by atoms with E-state index in [1.165, 1.54) is 48.5 Å². The second-order valence-corrected chi connectivity index (χ2v) is 8.28. The maximum absolute atomic E-state index is 13.1. The van der Waals surface area contributed by atoms with Crippen molar-refractivity contribution in [3.63, 3.8) is 0 Å². The molecule has 39 heavy (non-hydrogen) atoms. The molecule has 14 heteroatoms. The summed E-state index contributed by atoms with van der Waals surface area (Å²) in [5.74, 6) is -1.90. The minimum atomic E-state index is -0.923. The largest absolute Gasteiger partial charge is 0.490 e. The van der Waals surface area contributed by atoms with Crippen molar-refractivity contribution in [2.45, 2.75) is 6.92 Å². The first-order chi connectivity index (χ1) is 18.6. The van der Waals surface area contributed by atoms with Gasteiger partial charge in [-0.15, -0.1) is 0 Å². The van der Waals surface area contributed by atoms with Crippen LogP contribution in [0, 0.1) is 20.2 Å². The predicted molar refractivity (Wildman–Crippen MR) is 138 cm³/mol. The van der Waals surface area contributed by atoms with Gasteiger partial charge < -0.3 is 9.47 Å². The molecule has 1 aliphatic rings. The Morgan fingerprint density at radius 2 is 1.62 bits per heavy atom. The smallest absolute Gasteiger partial charge is 0.335 e. The van der Waals surface area contributed by atoms with E-state index in [0.717, 1.165) is 23.1 Å². The van der Waals surface area contributed by atoms with Gasteiger partial charge in [0.2, 0.25) is 5.75 Å². The molecular weight excluding hydrogens is 536 g/mol. The Kier molecular flexibility index (Phi) is 7.53. The Hall–Kier alpha value is -5.30. The highest BCUT2D eigenvalue weighted by Gasteiger charge is 2.36. The van der Waals surface area contributed by atoms with E-state index < -0.39 is 39.1 Å². The highest BCUT2D eigenvalue weighted by atomic mass is 35.5. The van der Waals surface area contributed by atoms with Gasteiger partial charge in [0.25, 0.3) is 17.5 Å². The minimum absolute atomic E-state index is 0.0355. The average molecular weight is 553 g/mol. The number of barbiturate groups is 1. The number of hydrogen-bond donors (Lipinski definition) is 1. The van der Waals surface area contributed by atoms with Crippen LogP contribution in [0.15, 0.2) is 66.2 Å². The molecule has 0 aliphatic carbocycles. The van der Waals surface area contributed by atoms with Gasteiger partial charge in [0.15, 0.2) is 11.5 Å². The Balaban J connectivity index is 1.69. The average Bonchev–Trinajstić information content (AvgIpc) is 2.89. The standard InChI is InChI=1S/C25H17ClN4O9/c1-2-38-22-12-14(3-9-21(22)39-20-10-8-17(29(34)35)13-19(20)30(36)37)11-18-23(31)27-25(33)28(24(18)32)16-6-4-15(26)5-7-16/h3-13H,2H2,1H3,(H,27,31,33)/b18-11+. The third kappa shape index (κ3) is 5.67. The third-order valence-corrected chi connectivity index (χ3v) is 5.59. The highest BCUT2D eigenvalue weighted by Crippen LogP contribution is 2.39. The number of anilines is 1. The van der Waals surface area contributed by atoms with Crippen molar-refractivity contribution in [2.24, 2.45) is 0 Å². The fourth-order valence-electron chi connectivity index (χ4n) is 3.58. The number of non-ortho nitro benzene ring substituents is 1. The number of carbonyl (C=O) groups is 3. The van der Waals surface area contributed by atoms with Gasteiger partial charge in [-0.3, -0.25) is 35.1 Å². The van der Waals surface area contributed by atoms with Crippen molar-refractivity contribution in [2.75, 3.05) is 11.5 Å². The molecule has 0 saturated carbocycles. The fourth-order valence-corrected chi connectivity index (χ4v) is 3.71. The molecule has 4 amide bonds. The van der Waals surface area contributed by atoms with Gasteiger partial charge >= 0.3 is 11.7 Å². The van der Waals surface area contributed by atoms with E-state index in [2.05, 4.69) is 5.32 Å². The van der Waals surface area contributed by atoms with Crippen LogP contribution in [0.2, 0.25) is 5.02 Å². The van der Waals surface area contributed by atoms with Gasteiger partial charge in [-0.2, -0.15) is 0 Å². The molecule has 1 heterocycles. The summed E-state index contributed by atoms with van der Waals surface area (Å²) in [6.45, 7) is 1.84. The van der Waals surface area contributed by atoms with Gasteiger partial charge in [-0.05, 0) is 61.0 Å². The molecule has 3 aromatic carbocycles. The van der Waals surface area contributed by atoms with Crippen LogP contribution in [-0.4, -0.2) is 34.3 Å². The number of benzene rings is 3. The maximum Gasteiger partial charge on any atom is 0.335 e.